The standard InChI is InChI=1S/C23H23NO3S/c25-22-21(28-23(26)24(22)16-17-8-3-1-4-9-17)15-18-10-7-13-20(14-18)27-19-11-5-2-6-12-19/h2,5-7,10-15,17H,1,3-4,8-9,16H2/b21-15+. The fourth-order valence-electron chi connectivity index (χ4n) is 3.73. The largest absolute Gasteiger partial charge is 0.457 e. The van der Waals surface area contributed by atoms with Crippen molar-refractivity contribution in [1.82, 2.24) is 4.90 Å². The number of para-hydroxylation sites is 1. The molecule has 2 fully saturated rings. The van der Waals surface area contributed by atoms with Crippen LogP contribution in [0.2, 0.25) is 0 Å². The van der Waals surface area contributed by atoms with Crippen molar-refractivity contribution in [3.05, 3.63) is 65.1 Å². The summed E-state index contributed by atoms with van der Waals surface area (Å²) in [5.41, 5.74) is 0.844. The molecular weight excluding hydrogens is 370 g/mol. The van der Waals surface area contributed by atoms with E-state index < -0.39 is 0 Å². The number of thioether (sulfide) groups is 1. The Balaban J connectivity index is 1.47. The highest BCUT2D eigenvalue weighted by Crippen LogP contribution is 2.35. The Bertz CT molecular complexity index is 888. The van der Waals surface area contributed by atoms with Gasteiger partial charge < -0.3 is 4.74 Å². The number of benzene rings is 2. The number of amides is 2. The third-order valence-corrected chi connectivity index (χ3v) is 6.08. The summed E-state index contributed by atoms with van der Waals surface area (Å²) < 4.78 is 5.85. The van der Waals surface area contributed by atoms with Crippen LogP contribution in [-0.4, -0.2) is 22.6 Å². The molecule has 2 aromatic rings. The summed E-state index contributed by atoms with van der Waals surface area (Å²) in [5, 5.41) is -0.154. The molecular formula is C23H23NO3S. The number of rotatable bonds is 5. The second-order valence-corrected chi connectivity index (χ2v) is 8.28. The van der Waals surface area contributed by atoms with Crippen molar-refractivity contribution < 1.29 is 14.3 Å². The minimum Gasteiger partial charge on any atom is -0.457 e. The second-order valence-electron chi connectivity index (χ2n) is 7.28. The Hall–Kier alpha value is -2.53. The van der Waals surface area contributed by atoms with E-state index in [0.717, 1.165) is 35.9 Å². The summed E-state index contributed by atoms with van der Waals surface area (Å²) in [4.78, 5) is 27.0. The van der Waals surface area contributed by atoms with Gasteiger partial charge in [0.15, 0.2) is 0 Å². The quantitative estimate of drug-likeness (QED) is 0.576. The van der Waals surface area contributed by atoms with Gasteiger partial charge in [-0.3, -0.25) is 14.5 Å². The van der Waals surface area contributed by atoms with Gasteiger partial charge in [-0.25, -0.2) is 0 Å². The molecule has 0 atom stereocenters. The van der Waals surface area contributed by atoms with Crippen molar-refractivity contribution >= 4 is 29.0 Å². The maximum atomic E-state index is 12.8. The molecule has 2 aliphatic rings. The van der Waals surface area contributed by atoms with Crippen molar-refractivity contribution in [2.75, 3.05) is 6.54 Å². The van der Waals surface area contributed by atoms with Crippen LogP contribution >= 0.6 is 11.8 Å². The monoisotopic (exact) mass is 393 g/mol. The molecule has 28 heavy (non-hydrogen) atoms. The van der Waals surface area contributed by atoms with E-state index >= 15 is 0 Å². The third-order valence-electron chi connectivity index (χ3n) is 5.17. The molecule has 2 aromatic carbocycles. The Morgan fingerprint density at radius 3 is 2.50 bits per heavy atom. The normalized spacial score (nSPS) is 19.4. The van der Waals surface area contributed by atoms with Gasteiger partial charge in [0.25, 0.3) is 11.1 Å². The van der Waals surface area contributed by atoms with Gasteiger partial charge in [0.1, 0.15) is 11.5 Å². The molecule has 0 aromatic heterocycles. The third kappa shape index (κ3) is 4.47. The zero-order chi connectivity index (χ0) is 19.3. The number of imide groups is 1. The SMILES string of the molecule is O=C1S/C(=C/c2cccc(Oc3ccccc3)c2)C(=O)N1CC1CCCCC1. The molecule has 1 aliphatic carbocycles. The zero-order valence-corrected chi connectivity index (χ0v) is 16.5. The number of carbonyl (C=O) groups is 2. The van der Waals surface area contributed by atoms with Gasteiger partial charge >= 0.3 is 0 Å². The fourth-order valence-corrected chi connectivity index (χ4v) is 4.58. The molecule has 0 unspecified atom stereocenters. The molecule has 144 valence electrons. The number of ether oxygens (including phenoxy) is 1. The smallest absolute Gasteiger partial charge is 0.293 e. The Morgan fingerprint density at radius 2 is 1.71 bits per heavy atom. The van der Waals surface area contributed by atoms with E-state index in [-0.39, 0.29) is 11.1 Å². The lowest BCUT2D eigenvalue weighted by atomic mass is 9.89. The van der Waals surface area contributed by atoms with Gasteiger partial charge in [0, 0.05) is 6.54 Å². The number of carbonyl (C=O) groups excluding carboxylic acids is 2. The molecule has 0 bridgehead atoms. The maximum Gasteiger partial charge on any atom is 0.293 e. The van der Waals surface area contributed by atoms with E-state index in [4.69, 9.17) is 4.74 Å². The van der Waals surface area contributed by atoms with Gasteiger partial charge in [0.2, 0.25) is 0 Å². The summed E-state index contributed by atoms with van der Waals surface area (Å²) in [7, 11) is 0. The van der Waals surface area contributed by atoms with Crippen LogP contribution in [0, 0.1) is 5.92 Å². The van der Waals surface area contributed by atoms with Crippen molar-refractivity contribution in [2.45, 2.75) is 32.1 Å². The molecule has 0 spiro atoms. The van der Waals surface area contributed by atoms with Gasteiger partial charge in [0.05, 0.1) is 4.91 Å². The summed E-state index contributed by atoms with van der Waals surface area (Å²) in [5.74, 6) is 1.73. The van der Waals surface area contributed by atoms with Crippen LogP contribution in [0.5, 0.6) is 11.5 Å². The molecule has 0 radical (unpaired) electrons. The minimum atomic E-state index is -0.171. The fraction of sp³-hybridized carbons (Fsp3) is 0.304. The van der Waals surface area contributed by atoms with Crippen molar-refractivity contribution in [3.63, 3.8) is 0 Å². The molecule has 1 saturated carbocycles. The molecule has 4 nitrogen and oxygen atoms in total. The number of nitrogens with zero attached hydrogens (tertiary/aromatic N) is 1. The van der Waals surface area contributed by atoms with E-state index in [1.807, 2.05) is 54.6 Å². The van der Waals surface area contributed by atoms with Gasteiger partial charge in [-0.2, -0.15) is 0 Å². The summed E-state index contributed by atoms with van der Waals surface area (Å²) >= 11 is 1.03. The van der Waals surface area contributed by atoms with E-state index in [0.29, 0.717) is 23.1 Å². The first-order valence-corrected chi connectivity index (χ1v) is 10.6. The first-order valence-electron chi connectivity index (χ1n) is 9.77. The van der Waals surface area contributed by atoms with Crippen molar-refractivity contribution in [1.29, 1.82) is 0 Å². The highest BCUT2D eigenvalue weighted by molar-refractivity contribution is 8.18. The lowest BCUT2D eigenvalue weighted by molar-refractivity contribution is -0.123. The predicted octanol–water partition coefficient (Wildman–Crippen LogP) is 6.10. The molecule has 0 N–H and O–H groups in total. The molecule has 2 amide bonds. The molecule has 1 heterocycles. The number of hydrogen-bond acceptors (Lipinski definition) is 4. The van der Waals surface area contributed by atoms with Crippen molar-refractivity contribution in [3.8, 4) is 11.5 Å². The highest BCUT2D eigenvalue weighted by atomic mass is 32.2. The van der Waals surface area contributed by atoms with Crippen LogP contribution in [0.3, 0.4) is 0 Å². The van der Waals surface area contributed by atoms with E-state index in [1.165, 1.54) is 24.2 Å². The van der Waals surface area contributed by atoms with E-state index in [9.17, 15) is 9.59 Å². The topological polar surface area (TPSA) is 46.6 Å². The first kappa shape index (κ1) is 18.8. The molecule has 1 aliphatic heterocycles. The van der Waals surface area contributed by atoms with E-state index in [1.54, 1.807) is 6.08 Å². The Kier molecular flexibility index (Phi) is 5.81. The van der Waals surface area contributed by atoms with Crippen LogP contribution in [0.25, 0.3) is 6.08 Å². The second kappa shape index (κ2) is 8.65. The first-order chi connectivity index (χ1) is 13.7. The summed E-state index contributed by atoms with van der Waals surface area (Å²) in [6, 6.07) is 17.1. The van der Waals surface area contributed by atoms with Crippen LogP contribution in [0.4, 0.5) is 4.79 Å². The Morgan fingerprint density at radius 1 is 0.964 bits per heavy atom. The van der Waals surface area contributed by atoms with Gasteiger partial charge in [-0.15, -0.1) is 0 Å². The highest BCUT2D eigenvalue weighted by Gasteiger charge is 2.36. The van der Waals surface area contributed by atoms with Crippen molar-refractivity contribution in [2.24, 2.45) is 5.92 Å². The molecule has 1 saturated heterocycles. The van der Waals surface area contributed by atoms with Crippen LogP contribution in [0.1, 0.15) is 37.7 Å². The number of hydrogen-bond donors (Lipinski definition) is 0. The summed E-state index contributed by atoms with van der Waals surface area (Å²) in [6.07, 6.45) is 7.67. The lowest BCUT2D eigenvalue weighted by Crippen LogP contribution is -2.34. The van der Waals surface area contributed by atoms with Crippen LogP contribution in [0.15, 0.2) is 59.5 Å². The lowest BCUT2D eigenvalue weighted by Gasteiger charge is -2.25. The molecule has 5 heteroatoms. The van der Waals surface area contributed by atoms with Crippen LogP contribution < -0.4 is 4.74 Å². The Labute approximate surface area is 169 Å². The zero-order valence-electron chi connectivity index (χ0n) is 15.7. The average molecular weight is 394 g/mol. The summed E-state index contributed by atoms with van der Waals surface area (Å²) in [6.45, 7) is 0.555. The van der Waals surface area contributed by atoms with E-state index in [2.05, 4.69) is 0 Å². The minimum absolute atomic E-state index is 0.154. The van der Waals surface area contributed by atoms with Gasteiger partial charge in [-0.05, 0) is 66.4 Å². The predicted molar refractivity (Wildman–Crippen MR) is 112 cm³/mol. The van der Waals surface area contributed by atoms with Crippen LogP contribution in [-0.2, 0) is 4.79 Å². The van der Waals surface area contributed by atoms with Gasteiger partial charge in [-0.1, -0.05) is 49.6 Å². The average Bonchev–Trinajstić information content (AvgIpc) is 2.97. The molecule has 4 rings (SSSR count). The maximum absolute atomic E-state index is 12.8.